The second-order valence-corrected chi connectivity index (χ2v) is 9.91. The SMILES string of the molecule is CC1CCC(C(C)C)C(OC(=O)N2CCc3ccccc3[C@H]2c2ccc(C(F)(F)F)cc2)C1. The molecule has 4 rings (SSSR count). The first kappa shape index (κ1) is 23.7. The average molecular weight is 460 g/mol. The summed E-state index contributed by atoms with van der Waals surface area (Å²) in [4.78, 5) is 15.2. The molecule has 0 bridgehead atoms. The highest BCUT2D eigenvalue weighted by molar-refractivity contribution is 5.70. The maximum Gasteiger partial charge on any atom is 0.416 e. The average Bonchev–Trinajstić information content (AvgIpc) is 2.77. The van der Waals surface area contributed by atoms with Crippen molar-refractivity contribution in [3.8, 4) is 0 Å². The van der Waals surface area contributed by atoms with E-state index in [9.17, 15) is 18.0 Å². The molecule has 0 radical (unpaired) electrons. The summed E-state index contributed by atoms with van der Waals surface area (Å²) in [6.07, 6.45) is -1.18. The molecule has 3 nitrogen and oxygen atoms in total. The Labute approximate surface area is 193 Å². The molecule has 0 spiro atoms. The van der Waals surface area contributed by atoms with Gasteiger partial charge in [-0.1, -0.05) is 63.6 Å². The van der Waals surface area contributed by atoms with Crippen LogP contribution < -0.4 is 0 Å². The number of ether oxygens (including phenoxy) is 1. The van der Waals surface area contributed by atoms with Crippen molar-refractivity contribution in [1.82, 2.24) is 4.90 Å². The maximum absolute atomic E-state index is 13.5. The van der Waals surface area contributed by atoms with Crippen LogP contribution in [0.3, 0.4) is 0 Å². The standard InChI is InChI=1S/C27H32F3NO2/c1-17(2)22-13-8-18(3)16-24(22)33-26(32)31-15-14-19-6-4-5-7-23(19)25(31)20-9-11-21(12-10-20)27(28,29)30/h4-7,9-12,17-18,22,24-25H,8,13-16H2,1-3H3/t18?,22?,24?,25-/m1/s1. The molecule has 1 fully saturated rings. The topological polar surface area (TPSA) is 29.5 Å². The van der Waals surface area contributed by atoms with Crippen molar-refractivity contribution in [1.29, 1.82) is 0 Å². The molecule has 1 saturated carbocycles. The van der Waals surface area contributed by atoms with E-state index in [0.29, 0.717) is 36.3 Å². The molecule has 2 aromatic carbocycles. The van der Waals surface area contributed by atoms with E-state index < -0.39 is 17.8 Å². The van der Waals surface area contributed by atoms with Crippen molar-refractivity contribution in [2.75, 3.05) is 6.54 Å². The van der Waals surface area contributed by atoms with Gasteiger partial charge in [-0.2, -0.15) is 13.2 Å². The summed E-state index contributed by atoms with van der Waals surface area (Å²) in [5.41, 5.74) is 2.01. The second kappa shape index (κ2) is 9.40. The summed E-state index contributed by atoms with van der Waals surface area (Å²) < 4.78 is 45.5. The zero-order valence-electron chi connectivity index (χ0n) is 19.4. The van der Waals surface area contributed by atoms with Crippen LogP contribution in [-0.4, -0.2) is 23.6 Å². The Bertz CT molecular complexity index is 970. The number of alkyl halides is 3. The third-order valence-electron chi connectivity index (χ3n) is 7.29. The van der Waals surface area contributed by atoms with Crippen molar-refractivity contribution in [3.63, 3.8) is 0 Å². The van der Waals surface area contributed by atoms with E-state index >= 15 is 0 Å². The van der Waals surface area contributed by atoms with Gasteiger partial charge in [0.2, 0.25) is 0 Å². The number of amides is 1. The lowest BCUT2D eigenvalue weighted by Gasteiger charge is -2.41. The first-order valence-corrected chi connectivity index (χ1v) is 11.9. The van der Waals surface area contributed by atoms with Crippen LogP contribution in [0.2, 0.25) is 0 Å². The van der Waals surface area contributed by atoms with E-state index in [1.54, 1.807) is 4.90 Å². The molecule has 1 aliphatic heterocycles. The fourth-order valence-electron chi connectivity index (χ4n) is 5.42. The Morgan fingerprint density at radius 2 is 1.76 bits per heavy atom. The van der Waals surface area contributed by atoms with Gasteiger partial charge in [0.1, 0.15) is 6.10 Å². The summed E-state index contributed by atoms with van der Waals surface area (Å²) in [5.74, 6) is 1.25. The number of fused-ring (bicyclic) bond motifs is 1. The fraction of sp³-hybridized carbons (Fsp3) is 0.519. The summed E-state index contributed by atoms with van der Waals surface area (Å²) in [6, 6.07) is 12.5. The minimum Gasteiger partial charge on any atom is -0.446 e. The molecule has 2 aliphatic rings. The van der Waals surface area contributed by atoms with Gasteiger partial charge in [-0.25, -0.2) is 4.79 Å². The zero-order valence-corrected chi connectivity index (χ0v) is 19.4. The highest BCUT2D eigenvalue weighted by atomic mass is 19.4. The molecule has 178 valence electrons. The minimum atomic E-state index is -4.40. The quantitative estimate of drug-likeness (QED) is 0.484. The van der Waals surface area contributed by atoms with E-state index in [0.717, 1.165) is 42.5 Å². The Morgan fingerprint density at radius 3 is 2.42 bits per heavy atom. The molecule has 1 aliphatic carbocycles. The Kier molecular flexibility index (Phi) is 6.73. The second-order valence-electron chi connectivity index (χ2n) is 9.91. The van der Waals surface area contributed by atoms with Gasteiger partial charge < -0.3 is 4.74 Å². The number of rotatable bonds is 3. The van der Waals surface area contributed by atoms with E-state index in [1.165, 1.54) is 12.1 Å². The number of nitrogens with zero attached hydrogens (tertiary/aromatic N) is 1. The van der Waals surface area contributed by atoms with Gasteiger partial charge in [0.05, 0.1) is 11.6 Å². The summed E-state index contributed by atoms with van der Waals surface area (Å²) in [7, 11) is 0. The van der Waals surface area contributed by atoms with Crippen LogP contribution in [0.1, 0.15) is 68.3 Å². The van der Waals surface area contributed by atoms with Crippen LogP contribution in [0, 0.1) is 17.8 Å². The predicted octanol–water partition coefficient (Wildman–Crippen LogP) is 7.25. The van der Waals surface area contributed by atoms with E-state index in [2.05, 4.69) is 20.8 Å². The van der Waals surface area contributed by atoms with E-state index in [4.69, 9.17) is 4.74 Å². The first-order chi connectivity index (χ1) is 15.6. The van der Waals surface area contributed by atoms with Crippen molar-refractivity contribution in [3.05, 3.63) is 70.8 Å². The van der Waals surface area contributed by atoms with Gasteiger partial charge >= 0.3 is 12.3 Å². The van der Waals surface area contributed by atoms with Gasteiger partial charge in [0.25, 0.3) is 0 Å². The minimum absolute atomic E-state index is 0.133. The highest BCUT2D eigenvalue weighted by Crippen LogP contribution is 2.39. The Morgan fingerprint density at radius 1 is 1.06 bits per heavy atom. The highest BCUT2D eigenvalue weighted by Gasteiger charge is 2.38. The molecule has 0 saturated heterocycles. The van der Waals surface area contributed by atoms with E-state index in [1.807, 2.05) is 24.3 Å². The number of benzene rings is 2. The molecule has 1 heterocycles. The lowest BCUT2D eigenvalue weighted by atomic mass is 9.75. The van der Waals surface area contributed by atoms with Crippen LogP contribution in [-0.2, 0) is 17.3 Å². The largest absolute Gasteiger partial charge is 0.446 e. The Hall–Kier alpha value is -2.50. The normalized spacial score (nSPS) is 25.6. The molecule has 33 heavy (non-hydrogen) atoms. The van der Waals surface area contributed by atoms with Crippen LogP contribution in [0.5, 0.6) is 0 Å². The number of hydrogen-bond acceptors (Lipinski definition) is 2. The van der Waals surface area contributed by atoms with Gasteiger partial charge in [-0.3, -0.25) is 4.90 Å². The van der Waals surface area contributed by atoms with Gasteiger partial charge in [0, 0.05) is 6.54 Å². The molecule has 1 amide bonds. The van der Waals surface area contributed by atoms with Crippen molar-refractivity contribution in [2.45, 2.75) is 64.8 Å². The molecule has 0 aromatic heterocycles. The number of carbonyl (C=O) groups excluding carboxylic acids is 1. The Balaban J connectivity index is 1.64. The van der Waals surface area contributed by atoms with Crippen LogP contribution >= 0.6 is 0 Å². The fourth-order valence-corrected chi connectivity index (χ4v) is 5.42. The van der Waals surface area contributed by atoms with Crippen molar-refractivity contribution < 1.29 is 22.7 Å². The molecule has 4 atom stereocenters. The van der Waals surface area contributed by atoms with E-state index in [-0.39, 0.29) is 12.2 Å². The molecule has 3 unspecified atom stereocenters. The van der Waals surface area contributed by atoms with Gasteiger partial charge in [-0.15, -0.1) is 0 Å². The third-order valence-corrected chi connectivity index (χ3v) is 7.29. The summed E-state index contributed by atoms with van der Waals surface area (Å²) in [6.45, 7) is 7.00. The summed E-state index contributed by atoms with van der Waals surface area (Å²) >= 11 is 0. The summed E-state index contributed by atoms with van der Waals surface area (Å²) in [5, 5.41) is 0. The zero-order chi connectivity index (χ0) is 23.8. The van der Waals surface area contributed by atoms with Gasteiger partial charge in [0.15, 0.2) is 0 Å². The lowest BCUT2D eigenvalue weighted by Crippen LogP contribution is -2.44. The molecule has 2 aromatic rings. The number of hydrogen-bond donors (Lipinski definition) is 0. The third kappa shape index (κ3) is 5.04. The first-order valence-electron chi connectivity index (χ1n) is 11.9. The molecule has 0 N–H and O–H groups in total. The van der Waals surface area contributed by atoms with Crippen LogP contribution in [0.4, 0.5) is 18.0 Å². The smallest absolute Gasteiger partial charge is 0.416 e. The van der Waals surface area contributed by atoms with Crippen molar-refractivity contribution >= 4 is 6.09 Å². The van der Waals surface area contributed by atoms with Crippen LogP contribution in [0.25, 0.3) is 0 Å². The monoisotopic (exact) mass is 459 g/mol. The number of carbonyl (C=O) groups is 1. The van der Waals surface area contributed by atoms with Crippen molar-refractivity contribution in [2.24, 2.45) is 17.8 Å². The molecular weight excluding hydrogens is 427 g/mol. The number of halogens is 3. The van der Waals surface area contributed by atoms with Gasteiger partial charge in [-0.05, 0) is 65.8 Å². The maximum atomic E-state index is 13.5. The molecular formula is C27H32F3NO2. The van der Waals surface area contributed by atoms with Crippen LogP contribution in [0.15, 0.2) is 48.5 Å². The predicted molar refractivity (Wildman–Crippen MR) is 122 cm³/mol. The lowest BCUT2D eigenvalue weighted by molar-refractivity contribution is -0.137. The molecule has 6 heteroatoms.